The van der Waals surface area contributed by atoms with Crippen molar-refractivity contribution in [3.05, 3.63) is 26.6 Å². The van der Waals surface area contributed by atoms with E-state index >= 15 is 0 Å². The van der Waals surface area contributed by atoms with Crippen molar-refractivity contribution < 1.29 is 26.4 Å². The Kier molecular flexibility index (Phi) is 5.41. The number of nitrogens with one attached hydrogen (secondary N) is 1. The molecule has 0 aromatic heterocycles. The number of hydrogen-bond donors (Lipinski definition) is 1. The molecule has 0 heterocycles. The van der Waals surface area contributed by atoms with E-state index in [2.05, 4.69) is 36.7 Å². The van der Waals surface area contributed by atoms with Gasteiger partial charge in [-0.25, -0.2) is 8.42 Å². The fraction of sp³-hybridized carbons (Fsp3) is 0.333. The topological polar surface area (TPSA) is 55.4 Å². The zero-order valence-electron chi connectivity index (χ0n) is 9.38. The van der Waals surface area contributed by atoms with Crippen LogP contribution in [0.2, 0.25) is 0 Å². The molecule has 19 heavy (non-hydrogen) atoms. The third kappa shape index (κ3) is 5.03. The van der Waals surface area contributed by atoms with Crippen molar-refractivity contribution in [3.8, 4) is 0 Å². The largest absolute Gasteiger partial charge is 0.413 e. The van der Waals surface area contributed by atoms with E-state index < -0.39 is 22.8 Å². The molecule has 108 valence electrons. The van der Waals surface area contributed by atoms with Gasteiger partial charge in [0.2, 0.25) is 0 Å². The van der Waals surface area contributed by atoms with Crippen molar-refractivity contribution >= 4 is 41.9 Å². The standard InChI is InChI=1S/C9H8Br2F3NO3S/c1-5-2-7(11)8(3-6(5)10)19(16,17)15-18-4-9(12,13)14/h2-3,15H,4H2,1H3. The third-order valence-corrected chi connectivity index (χ3v) is 4.93. The minimum Gasteiger partial charge on any atom is -0.277 e. The zero-order valence-corrected chi connectivity index (χ0v) is 13.4. The highest BCUT2D eigenvalue weighted by Crippen LogP contribution is 2.28. The Morgan fingerprint density at radius 2 is 1.84 bits per heavy atom. The summed E-state index contributed by atoms with van der Waals surface area (Å²) in [7, 11) is -4.20. The number of hydrogen-bond acceptors (Lipinski definition) is 3. The molecule has 0 aliphatic carbocycles. The fourth-order valence-electron chi connectivity index (χ4n) is 1.07. The molecule has 0 unspecified atom stereocenters. The summed E-state index contributed by atoms with van der Waals surface area (Å²) in [5, 5.41) is 0. The van der Waals surface area contributed by atoms with Crippen LogP contribution in [0.1, 0.15) is 5.56 Å². The second-order valence-electron chi connectivity index (χ2n) is 3.52. The van der Waals surface area contributed by atoms with Crippen molar-refractivity contribution in [1.82, 2.24) is 4.89 Å². The molecule has 1 aromatic rings. The van der Waals surface area contributed by atoms with Crippen LogP contribution in [-0.4, -0.2) is 21.2 Å². The smallest absolute Gasteiger partial charge is 0.277 e. The average Bonchev–Trinajstić information content (AvgIpc) is 2.20. The van der Waals surface area contributed by atoms with E-state index in [4.69, 9.17) is 0 Å². The van der Waals surface area contributed by atoms with Gasteiger partial charge in [-0.1, -0.05) is 20.8 Å². The quantitative estimate of drug-likeness (QED) is 0.751. The normalized spacial score (nSPS) is 12.7. The molecule has 0 atom stereocenters. The van der Waals surface area contributed by atoms with Gasteiger partial charge in [-0.15, -0.1) is 0 Å². The third-order valence-electron chi connectivity index (χ3n) is 1.91. The molecule has 0 fully saturated rings. The van der Waals surface area contributed by atoms with Crippen LogP contribution in [0.5, 0.6) is 0 Å². The van der Waals surface area contributed by atoms with Crippen LogP contribution >= 0.6 is 31.9 Å². The Morgan fingerprint density at radius 1 is 1.26 bits per heavy atom. The zero-order chi connectivity index (χ0) is 14.8. The molecular weight excluding hydrogens is 419 g/mol. The van der Waals surface area contributed by atoms with Crippen molar-refractivity contribution in [3.63, 3.8) is 0 Å². The minimum absolute atomic E-state index is 0.219. The summed E-state index contributed by atoms with van der Waals surface area (Å²) in [6.45, 7) is 0.0235. The van der Waals surface area contributed by atoms with Gasteiger partial charge in [0.15, 0.2) is 6.61 Å². The molecule has 0 amide bonds. The molecule has 0 saturated carbocycles. The van der Waals surface area contributed by atoms with Gasteiger partial charge in [-0.2, -0.15) is 13.2 Å². The van der Waals surface area contributed by atoms with Crippen molar-refractivity contribution in [1.29, 1.82) is 0 Å². The minimum atomic E-state index is -4.62. The molecule has 1 rings (SSSR count). The van der Waals surface area contributed by atoms with Gasteiger partial charge in [0.05, 0.1) is 4.90 Å². The van der Waals surface area contributed by atoms with Crippen molar-refractivity contribution in [2.75, 3.05) is 6.61 Å². The Morgan fingerprint density at radius 3 is 2.37 bits per heavy atom. The summed E-state index contributed by atoms with van der Waals surface area (Å²) in [5.41, 5.74) is 0.766. The molecule has 0 aliphatic heterocycles. The van der Waals surface area contributed by atoms with E-state index in [1.54, 1.807) is 6.92 Å². The number of rotatable bonds is 4. The van der Waals surface area contributed by atoms with E-state index in [9.17, 15) is 21.6 Å². The van der Waals surface area contributed by atoms with Gasteiger partial charge in [0, 0.05) is 8.95 Å². The van der Waals surface area contributed by atoms with Crippen LogP contribution in [0, 0.1) is 6.92 Å². The monoisotopic (exact) mass is 425 g/mol. The summed E-state index contributed by atoms with van der Waals surface area (Å²) in [6.07, 6.45) is -4.62. The second kappa shape index (κ2) is 6.08. The molecule has 0 aliphatic rings. The summed E-state index contributed by atoms with van der Waals surface area (Å²) in [4.78, 5) is 5.13. The van der Waals surface area contributed by atoms with Crippen LogP contribution < -0.4 is 4.89 Å². The van der Waals surface area contributed by atoms with Gasteiger partial charge in [-0.05, 0) is 40.5 Å². The predicted molar refractivity (Wildman–Crippen MR) is 68.9 cm³/mol. The Balaban J connectivity index is 2.92. The van der Waals surface area contributed by atoms with Crippen LogP contribution in [0.25, 0.3) is 0 Å². The van der Waals surface area contributed by atoms with Gasteiger partial charge >= 0.3 is 6.18 Å². The maximum absolute atomic E-state index is 11.9. The molecule has 1 N–H and O–H groups in total. The average molecular weight is 427 g/mol. The summed E-state index contributed by atoms with van der Waals surface area (Å²) in [6, 6.07) is 2.78. The Bertz CT molecular complexity index is 575. The highest BCUT2D eigenvalue weighted by atomic mass is 79.9. The van der Waals surface area contributed by atoms with E-state index in [1.807, 2.05) is 0 Å². The van der Waals surface area contributed by atoms with Crippen LogP contribution in [0.4, 0.5) is 13.2 Å². The summed E-state index contributed by atoms with van der Waals surface area (Å²) < 4.78 is 59.8. The number of aryl methyl sites for hydroxylation is 1. The van der Waals surface area contributed by atoms with E-state index in [0.717, 1.165) is 5.56 Å². The predicted octanol–water partition coefficient (Wildman–Crippen LogP) is 3.29. The first-order chi connectivity index (χ1) is 8.53. The SMILES string of the molecule is Cc1cc(Br)c(S(=O)(=O)NOCC(F)(F)F)cc1Br. The molecule has 10 heteroatoms. The summed E-state index contributed by atoms with van der Waals surface area (Å²) >= 11 is 6.17. The molecular formula is C9H8Br2F3NO3S. The fourth-order valence-corrected chi connectivity index (χ4v) is 3.55. The first kappa shape index (κ1) is 16.9. The highest BCUT2D eigenvalue weighted by molar-refractivity contribution is 9.11. The van der Waals surface area contributed by atoms with Gasteiger partial charge in [0.1, 0.15) is 0 Å². The maximum atomic E-state index is 11.9. The lowest BCUT2D eigenvalue weighted by atomic mass is 10.2. The number of sulfonamides is 1. The molecule has 0 bridgehead atoms. The maximum Gasteiger partial charge on any atom is 0.413 e. The molecule has 0 spiro atoms. The molecule has 0 radical (unpaired) electrons. The first-order valence-corrected chi connectivity index (χ1v) is 7.76. The Labute approximate surface area is 124 Å². The number of alkyl halides is 3. The highest BCUT2D eigenvalue weighted by Gasteiger charge is 2.29. The second-order valence-corrected chi connectivity index (χ2v) is 6.84. The van der Waals surface area contributed by atoms with Crippen LogP contribution in [0.3, 0.4) is 0 Å². The van der Waals surface area contributed by atoms with Crippen LogP contribution in [0.15, 0.2) is 26.0 Å². The number of benzene rings is 1. The van der Waals surface area contributed by atoms with Gasteiger partial charge in [-0.3, -0.25) is 4.84 Å². The number of halogens is 5. The van der Waals surface area contributed by atoms with E-state index in [1.165, 1.54) is 17.0 Å². The van der Waals surface area contributed by atoms with Crippen LogP contribution in [-0.2, 0) is 14.9 Å². The van der Waals surface area contributed by atoms with Gasteiger partial charge < -0.3 is 0 Å². The molecule has 1 aromatic carbocycles. The Hall–Kier alpha value is -0.160. The van der Waals surface area contributed by atoms with E-state index in [-0.39, 0.29) is 9.37 Å². The van der Waals surface area contributed by atoms with Crippen molar-refractivity contribution in [2.24, 2.45) is 0 Å². The lowest BCUT2D eigenvalue weighted by Crippen LogP contribution is -2.29. The first-order valence-electron chi connectivity index (χ1n) is 4.69. The van der Waals surface area contributed by atoms with E-state index in [0.29, 0.717) is 4.47 Å². The molecule has 0 saturated heterocycles. The lowest BCUT2D eigenvalue weighted by molar-refractivity contribution is -0.181. The van der Waals surface area contributed by atoms with Gasteiger partial charge in [0.25, 0.3) is 10.0 Å². The lowest BCUT2D eigenvalue weighted by Gasteiger charge is -2.11. The summed E-state index contributed by atoms with van der Waals surface area (Å²) in [5.74, 6) is 0. The molecule has 4 nitrogen and oxygen atoms in total. The van der Waals surface area contributed by atoms with Crippen molar-refractivity contribution in [2.45, 2.75) is 18.0 Å².